The van der Waals surface area contributed by atoms with Gasteiger partial charge in [0.25, 0.3) is 0 Å². The number of carbonyl (C=O) groups excluding carboxylic acids is 2. The van der Waals surface area contributed by atoms with Crippen molar-refractivity contribution in [2.75, 3.05) is 16.8 Å². The van der Waals surface area contributed by atoms with E-state index < -0.39 is 9.84 Å². The van der Waals surface area contributed by atoms with Crippen molar-refractivity contribution >= 4 is 33.3 Å². The van der Waals surface area contributed by atoms with Crippen molar-refractivity contribution in [1.29, 1.82) is 0 Å². The van der Waals surface area contributed by atoms with Crippen LogP contribution in [0.3, 0.4) is 0 Å². The number of benzene rings is 1. The summed E-state index contributed by atoms with van der Waals surface area (Å²) in [6, 6.07) is 6.58. The van der Waals surface area contributed by atoms with Gasteiger partial charge in [-0.05, 0) is 44.6 Å². The second-order valence-electron chi connectivity index (χ2n) is 7.05. The first kappa shape index (κ1) is 20.0. The monoisotopic (exact) mass is 401 g/mol. The van der Waals surface area contributed by atoms with Gasteiger partial charge in [0.1, 0.15) is 0 Å². The lowest BCUT2D eigenvalue weighted by molar-refractivity contribution is -0.114. The molecule has 0 spiro atoms. The Kier molecular flexibility index (Phi) is 5.51. The highest BCUT2D eigenvalue weighted by Crippen LogP contribution is 2.27. The second kappa shape index (κ2) is 7.71. The van der Waals surface area contributed by atoms with E-state index in [0.717, 1.165) is 17.0 Å². The first-order chi connectivity index (χ1) is 13.2. The van der Waals surface area contributed by atoms with Gasteiger partial charge in [0.2, 0.25) is 5.91 Å². The Hall–Kier alpha value is -2.74. The number of amides is 1. The topological polar surface area (TPSA) is 98.1 Å². The van der Waals surface area contributed by atoms with E-state index in [1.807, 2.05) is 13.8 Å². The smallest absolute Gasteiger partial charge is 0.221 e. The highest BCUT2D eigenvalue weighted by atomic mass is 32.2. The zero-order valence-corrected chi connectivity index (χ0v) is 16.9. The molecule has 1 amide bonds. The molecule has 0 unspecified atom stereocenters. The number of allylic oxidation sites excluding steroid dienone is 1. The van der Waals surface area contributed by atoms with Crippen LogP contribution < -0.4 is 5.32 Å². The van der Waals surface area contributed by atoms with Crippen molar-refractivity contribution in [3.63, 3.8) is 0 Å². The fraction of sp³-hybridized carbons (Fsp3) is 0.350. The third-order valence-electron chi connectivity index (χ3n) is 4.80. The molecule has 0 saturated carbocycles. The first-order valence-corrected chi connectivity index (χ1v) is 10.8. The fourth-order valence-electron chi connectivity index (χ4n) is 3.45. The largest absolute Gasteiger partial charge is 0.326 e. The number of anilines is 1. The molecule has 1 aliphatic rings. The van der Waals surface area contributed by atoms with Crippen LogP contribution in [0.15, 0.2) is 30.3 Å². The molecule has 1 N–H and O–H groups in total. The van der Waals surface area contributed by atoms with Crippen LogP contribution in [0.4, 0.5) is 5.69 Å². The molecule has 0 bridgehead atoms. The average molecular weight is 401 g/mol. The molecule has 1 aromatic carbocycles. The maximum absolute atomic E-state index is 12.5. The summed E-state index contributed by atoms with van der Waals surface area (Å²) in [5.41, 5.74) is 3.44. The van der Waals surface area contributed by atoms with Crippen LogP contribution in [0.25, 0.3) is 6.08 Å². The molecule has 1 aliphatic heterocycles. The summed E-state index contributed by atoms with van der Waals surface area (Å²) in [5, 5.41) is 7.15. The fourth-order valence-corrected chi connectivity index (χ4v) is 5.14. The molecule has 3 rings (SSSR count). The van der Waals surface area contributed by atoms with E-state index in [1.165, 1.54) is 13.0 Å². The quantitative estimate of drug-likeness (QED) is 0.614. The van der Waals surface area contributed by atoms with Crippen LogP contribution in [0, 0.1) is 13.8 Å². The molecule has 1 atom stereocenters. The average Bonchev–Trinajstić information content (AvgIpc) is 3.11. The van der Waals surface area contributed by atoms with Crippen LogP contribution in [0.5, 0.6) is 0 Å². The molecule has 1 fully saturated rings. The summed E-state index contributed by atoms with van der Waals surface area (Å²) >= 11 is 0. The van der Waals surface area contributed by atoms with Crippen molar-refractivity contribution in [3.8, 4) is 0 Å². The Morgan fingerprint density at radius 1 is 1.29 bits per heavy atom. The predicted molar refractivity (Wildman–Crippen MR) is 108 cm³/mol. The third-order valence-corrected chi connectivity index (χ3v) is 6.55. The van der Waals surface area contributed by atoms with Gasteiger partial charge in [-0.1, -0.05) is 12.1 Å². The molecule has 2 aromatic rings. The number of nitrogens with zero attached hydrogens (tertiary/aromatic N) is 2. The molecule has 8 heteroatoms. The van der Waals surface area contributed by atoms with Gasteiger partial charge in [0.15, 0.2) is 15.6 Å². The van der Waals surface area contributed by atoms with E-state index in [4.69, 9.17) is 0 Å². The highest BCUT2D eigenvalue weighted by molar-refractivity contribution is 7.91. The first-order valence-electron chi connectivity index (χ1n) is 9.02. The van der Waals surface area contributed by atoms with E-state index in [0.29, 0.717) is 17.7 Å². The lowest BCUT2D eigenvalue weighted by atomic mass is 10.1. The standard InChI is InChI=1S/C20H23N3O4S/c1-13-19(14(2)23(22-13)18-9-10-28(26,27)12-18)7-8-20(25)16-5-4-6-17(11-16)21-15(3)24/h4-8,11,18H,9-10,12H2,1-3H3,(H,21,24)/b8-7+/t18-/m0/s1. The van der Waals surface area contributed by atoms with E-state index in [-0.39, 0.29) is 29.2 Å². The summed E-state index contributed by atoms with van der Waals surface area (Å²) in [4.78, 5) is 23.7. The summed E-state index contributed by atoms with van der Waals surface area (Å²) in [7, 11) is -3.00. The van der Waals surface area contributed by atoms with Gasteiger partial charge in [0, 0.05) is 29.4 Å². The number of rotatable bonds is 5. The minimum absolute atomic E-state index is 0.104. The summed E-state index contributed by atoms with van der Waals surface area (Å²) in [5.74, 6) is -0.105. The van der Waals surface area contributed by atoms with Gasteiger partial charge in [-0.2, -0.15) is 5.10 Å². The molecule has 2 heterocycles. The lowest BCUT2D eigenvalue weighted by Gasteiger charge is -2.10. The Morgan fingerprint density at radius 2 is 2.04 bits per heavy atom. The highest BCUT2D eigenvalue weighted by Gasteiger charge is 2.31. The van der Waals surface area contributed by atoms with Gasteiger partial charge in [-0.3, -0.25) is 14.3 Å². The van der Waals surface area contributed by atoms with Crippen molar-refractivity contribution in [3.05, 3.63) is 52.9 Å². The number of ketones is 1. The van der Waals surface area contributed by atoms with Crippen LogP contribution in [-0.2, 0) is 14.6 Å². The van der Waals surface area contributed by atoms with Gasteiger partial charge >= 0.3 is 0 Å². The van der Waals surface area contributed by atoms with Gasteiger partial charge in [0.05, 0.1) is 23.2 Å². The number of nitrogens with one attached hydrogen (secondary N) is 1. The van der Waals surface area contributed by atoms with Gasteiger partial charge < -0.3 is 5.32 Å². The Balaban J connectivity index is 1.81. The number of aromatic nitrogens is 2. The minimum atomic E-state index is -3.00. The van der Waals surface area contributed by atoms with Crippen LogP contribution in [0.2, 0.25) is 0 Å². The SMILES string of the molecule is CC(=O)Nc1cccc(C(=O)/C=C/c2c(C)nn([C@H]3CCS(=O)(=O)C3)c2C)c1. The molecule has 0 aliphatic carbocycles. The number of sulfone groups is 1. The minimum Gasteiger partial charge on any atom is -0.326 e. The van der Waals surface area contributed by atoms with Crippen molar-refractivity contribution in [1.82, 2.24) is 9.78 Å². The van der Waals surface area contributed by atoms with E-state index in [2.05, 4.69) is 10.4 Å². The zero-order chi connectivity index (χ0) is 20.5. The summed E-state index contributed by atoms with van der Waals surface area (Å²) < 4.78 is 25.3. The molecule has 148 valence electrons. The van der Waals surface area contributed by atoms with Crippen LogP contribution in [0.1, 0.15) is 46.7 Å². The molecule has 1 aromatic heterocycles. The van der Waals surface area contributed by atoms with E-state index >= 15 is 0 Å². The number of aryl methyl sites for hydroxylation is 1. The summed E-state index contributed by atoms with van der Waals surface area (Å²) in [6.45, 7) is 5.13. The van der Waals surface area contributed by atoms with E-state index in [1.54, 1.807) is 35.0 Å². The number of hydrogen-bond donors (Lipinski definition) is 1. The molecule has 7 nitrogen and oxygen atoms in total. The van der Waals surface area contributed by atoms with Gasteiger partial charge in [-0.25, -0.2) is 8.42 Å². The maximum atomic E-state index is 12.5. The Labute approximate surface area is 164 Å². The Bertz CT molecular complexity index is 1070. The number of carbonyl (C=O) groups is 2. The number of hydrogen-bond acceptors (Lipinski definition) is 5. The zero-order valence-electron chi connectivity index (χ0n) is 16.1. The van der Waals surface area contributed by atoms with Gasteiger partial charge in [-0.15, -0.1) is 0 Å². The van der Waals surface area contributed by atoms with Crippen molar-refractivity contribution < 1.29 is 18.0 Å². The van der Waals surface area contributed by atoms with E-state index in [9.17, 15) is 18.0 Å². The van der Waals surface area contributed by atoms with Crippen molar-refractivity contribution in [2.45, 2.75) is 33.2 Å². The predicted octanol–water partition coefficient (Wildman–Crippen LogP) is 2.71. The Morgan fingerprint density at radius 3 is 2.68 bits per heavy atom. The molecule has 0 radical (unpaired) electrons. The summed E-state index contributed by atoms with van der Waals surface area (Å²) in [6.07, 6.45) is 3.74. The normalized spacial score (nSPS) is 18.5. The molecular weight excluding hydrogens is 378 g/mol. The van der Waals surface area contributed by atoms with Crippen LogP contribution in [-0.4, -0.2) is 41.4 Å². The second-order valence-corrected chi connectivity index (χ2v) is 9.27. The van der Waals surface area contributed by atoms with Crippen LogP contribution >= 0.6 is 0 Å². The maximum Gasteiger partial charge on any atom is 0.221 e. The third kappa shape index (κ3) is 4.39. The molecule has 28 heavy (non-hydrogen) atoms. The van der Waals surface area contributed by atoms with Crippen molar-refractivity contribution in [2.24, 2.45) is 0 Å². The molecule has 1 saturated heterocycles. The molecular formula is C20H23N3O4S. The lowest BCUT2D eigenvalue weighted by Crippen LogP contribution is -2.13.